The van der Waals surface area contributed by atoms with Crippen molar-refractivity contribution in [3.63, 3.8) is 0 Å². The lowest BCUT2D eigenvalue weighted by molar-refractivity contribution is 0.414. The van der Waals surface area contributed by atoms with Crippen molar-refractivity contribution in [2.75, 3.05) is 19.0 Å². The molecule has 1 aromatic heterocycles. The van der Waals surface area contributed by atoms with Gasteiger partial charge in [0, 0.05) is 11.9 Å². The molecule has 0 saturated heterocycles. The normalized spacial score (nSPS) is 10.6. The fourth-order valence-corrected chi connectivity index (χ4v) is 2.47. The highest BCUT2D eigenvalue weighted by Gasteiger charge is 2.02. The van der Waals surface area contributed by atoms with Gasteiger partial charge in [-0.3, -0.25) is 0 Å². The quantitative estimate of drug-likeness (QED) is 0.704. The number of anilines is 1. The van der Waals surface area contributed by atoms with Gasteiger partial charge in [0.2, 0.25) is 0 Å². The van der Waals surface area contributed by atoms with Gasteiger partial charge >= 0.3 is 0 Å². The molecule has 112 valence electrons. The van der Waals surface area contributed by atoms with Crippen molar-refractivity contribution < 1.29 is 4.74 Å². The van der Waals surface area contributed by atoms with E-state index in [1.807, 2.05) is 36.4 Å². The predicted octanol–water partition coefficient (Wildman–Crippen LogP) is 3.68. The number of para-hydroxylation sites is 1. The molecule has 4 heteroatoms. The Bertz CT molecular complexity index is 753. The van der Waals surface area contributed by atoms with E-state index >= 15 is 0 Å². The van der Waals surface area contributed by atoms with Gasteiger partial charge < -0.3 is 10.1 Å². The summed E-state index contributed by atoms with van der Waals surface area (Å²) in [5, 5.41) is 4.47. The Morgan fingerprint density at radius 1 is 1.05 bits per heavy atom. The largest absolute Gasteiger partial charge is 0.497 e. The summed E-state index contributed by atoms with van der Waals surface area (Å²) in [6.45, 7) is 0.873. The molecule has 3 aromatic rings. The molecule has 0 saturated carbocycles. The molecule has 0 amide bonds. The molecule has 22 heavy (non-hydrogen) atoms. The third-order valence-electron chi connectivity index (χ3n) is 3.61. The fraction of sp³-hybridized carbons (Fsp3) is 0.222. The van der Waals surface area contributed by atoms with Crippen molar-refractivity contribution in [2.45, 2.75) is 12.8 Å². The highest BCUT2D eigenvalue weighted by molar-refractivity contribution is 5.88. The number of rotatable bonds is 6. The van der Waals surface area contributed by atoms with Gasteiger partial charge in [-0.2, -0.15) is 0 Å². The lowest BCUT2D eigenvalue weighted by Gasteiger charge is -2.08. The molecule has 0 fully saturated rings. The molecular formula is C18H19N3O. The van der Waals surface area contributed by atoms with E-state index in [-0.39, 0.29) is 0 Å². The zero-order valence-corrected chi connectivity index (χ0v) is 12.6. The minimum absolute atomic E-state index is 0.873. The number of hydrogen-bond acceptors (Lipinski definition) is 4. The third kappa shape index (κ3) is 3.34. The second-order valence-electron chi connectivity index (χ2n) is 5.12. The van der Waals surface area contributed by atoms with Crippen LogP contribution in [0.4, 0.5) is 5.82 Å². The van der Waals surface area contributed by atoms with Crippen LogP contribution in [0.3, 0.4) is 0 Å². The number of nitrogens with one attached hydrogen (secondary N) is 1. The molecule has 0 unspecified atom stereocenters. The first-order valence-electron chi connectivity index (χ1n) is 7.43. The van der Waals surface area contributed by atoms with Gasteiger partial charge in [0.05, 0.1) is 12.6 Å². The van der Waals surface area contributed by atoms with Gasteiger partial charge in [-0.1, -0.05) is 24.3 Å². The van der Waals surface area contributed by atoms with Gasteiger partial charge in [0.15, 0.2) is 0 Å². The Labute approximate surface area is 130 Å². The second kappa shape index (κ2) is 6.89. The zero-order chi connectivity index (χ0) is 15.2. The maximum Gasteiger partial charge on any atom is 0.137 e. The molecule has 0 bridgehead atoms. The van der Waals surface area contributed by atoms with Crippen LogP contribution in [0.2, 0.25) is 0 Å². The van der Waals surface area contributed by atoms with E-state index in [9.17, 15) is 0 Å². The summed E-state index contributed by atoms with van der Waals surface area (Å²) < 4.78 is 5.25. The maximum absolute atomic E-state index is 5.25. The molecular weight excluding hydrogens is 274 g/mol. The molecule has 0 radical (unpaired) electrons. The summed E-state index contributed by atoms with van der Waals surface area (Å²) in [7, 11) is 1.70. The highest BCUT2D eigenvalue weighted by Crippen LogP contribution is 2.18. The van der Waals surface area contributed by atoms with E-state index in [0.717, 1.165) is 41.9 Å². The van der Waals surface area contributed by atoms with Crippen LogP contribution in [0.15, 0.2) is 54.9 Å². The second-order valence-corrected chi connectivity index (χ2v) is 5.12. The van der Waals surface area contributed by atoms with E-state index in [0.29, 0.717) is 0 Å². The summed E-state index contributed by atoms with van der Waals surface area (Å²) in [4.78, 5) is 8.61. The van der Waals surface area contributed by atoms with E-state index in [2.05, 4.69) is 27.4 Å². The van der Waals surface area contributed by atoms with Crippen LogP contribution in [0, 0.1) is 0 Å². The maximum atomic E-state index is 5.25. The van der Waals surface area contributed by atoms with Crippen molar-refractivity contribution >= 4 is 16.7 Å². The van der Waals surface area contributed by atoms with E-state index < -0.39 is 0 Å². The van der Waals surface area contributed by atoms with Crippen LogP contribution in [-0.2, 0) is 6.42 Å². The summed E-state index contributed by atoms with van der Waals surface area (Å²) >= 11 is 0. The number of aryl methyl sites for hydroxylation is 1. The Kier molecular flexibility index (Phi) is 4.49. The standard InChI is InChI=1S/C18H19N3O/c1-22-15-8-4-6-14(12-15)7-5-11-19-18-16-9-2-3-10-17(16)20-13-21-18/h2-4,6,8-10,12-13H,5,7,11H2,1H3,(H,19,20,21). The molecule has 4 nitrogen and oxygen atoms in total. The Hall–Kier alpha value is -2.62. The van der Waals surface area contributed by atoms with Crippen molar-refractivity contribution in [3.05, 3.63) is 60.4 Å². The van der Waals surface area contributed by atoms with Crippen LogP contribution in [0.1, 0.15) is 12.0 Å². The molecule has 0 atom stereocenters. The van der Waals surface area contributed by atoms with Crippen LogP contribution in [0.25, 0.3) is 10.9 Å². The fourth-order valence-electron chi connectivity index (χ4n) is 2.47. The first-order chi connectivity index (χ1) is 10.9. The number of aromatic nitrogens is 2. The van der Waals surface area contributed by atoms with E-state index in [1.54, 1.807) is 13.4 Å². The predicted molar refractivity (Wildman–Crippen MR) is 89.3 cm³/mol. The van der Waals surface area contributed by atoms with Crippen molar-refractivity contribution in [3.8, 4) is 5.75 Å². The van der Waals surface area contributed by atoms with Crippen molar-refractivity contribution in [1.29, 1.82) is 0 Å². The van der Waals surface area contributed by atoms with Crippen LogP contribution in [-0.4, -0.2) is 23.6 Å². The lowest BCUT2D eigenvalue weighted by Crippen LogP contribution is -2.05. The number of methoxy groups -OCH3 is 1. The smallest absolute Gasteiger partial charge is 0.137 e. The first-order valence-corrected chi connectivity index (χ1v) is 7.43. The summed E-state index contributed by atoms with van der Waals surface area (Å²) in [6, 6.07) is 16.2. The van der Waals surface area contributed by atoms with Gasteiger partial charge in [-0.25, -0.2) is 9.97 Å². The van der Waals surface area contributed by atoms with E-state index in [4.69, 9.17) is 4.74 Å². The highest BCUT2D eigenvalue weighted by atomic mass is 16.5. The zero-order valence-electron chi connectivity index (χ0n) is 12.6. The Balaban J connectivity index is 1.58. The van der Waals surface area contributed by atoms with Crippen LogP contribution < -0.4 is 10.1 Å². The molecule has 0 aliphatic heterocycles. The van der Waals surface area contributed by atoms with Crippen LogP contribution in [0.5, 0.6) is 5.75 Å². The number of fused-ring (bicyclic) bond motifs is 1. The van der Waals surface area contributed by atoms with E-state index in [1.165, 1.54) is 5.56 Å². The topological polar surface area (TPSA) is 47.0 Å². The molecule has 0 aliphatic carbocycles. The van der Waals surface area contributed by atoms with Gasteiger partial charge in [-0.15, -0.1) is 0 Å². The Morgan fingerprint density at radius 3 is 2.86 bits per heavy atom. The third-order valence-corrected chi connectivity index (χ3v) is 3.61. The van der Waals surface area contributed by atoms with Crippen molar-refractivity contribution in [1.82, 2.24) is 9.97 Å². The number of ether oxygens (including phenoxy) is 1. The van der Waals surface area contributed by atoms with Crippen LogP contribution >= 0.6 is 0 Å². The molecule has 0 spiro atoms. The summed E-state index contributed by atoms with van der Waals surface area (Å²) in [5.74, 6) is 1.81. The van der Waals surface area contributed by atoms with Gasteiger partial charge in [-0.05, 0) is 42.7 Å². The molecule has 2 aromatic carbocycles. The molecule has 1 N–H and O–H groups in total. The van der Waals surface area contributed by atoms with Crippen molar-refractivity contribution in [2.24, 2.45) is 0 Å². The lowest BCUT2D eigenvalue weighted by atomic mass is 10.1. The monoisotopic (exact) mass is 293 g/mol. The SMILES string of the molecule is COc1cccc(CCCNc2ncnc3ccccc23)c1. The Morgan fingerprint density at radius 2 is 1.95 bits per heavy atom. The number of benzene rings is 2. The van der Waals surface area contributed by atoms with Gasteiger partial charge in [0.25, 0.3) is 0 Å². The number of nitrogens with zero attached hydrogens (tertiary/aromatic N) is 2. The summed E-state index contributed by atoms with van der Waals surface area (Å²) in [6.07, 6.45) is 3.64. The summed E-state index contributed by atoms with van der Waals surface area (Å²) in [5.41, 5.74) is 2.25. The number of hydrogen-bond donors (Lipinski definition) is 1. The minimum atomic E-state index is 0.873. The average molecular weight is 293 g/mol. The molecule has 1 heterocycles. The molecule has 0 aliphatic rings. The first kappa shape index (κ1) is 14.3. The minimum Gasteiger partial charge on any atom is -0.497 e. The molecule has 3 rings (SSSR count). The average Bonchev–Trinajstić information content (AvgIpc) is 2.59. The van der Waals surface area contributed by atoms with Gasteiger partial charge in [0.1, 0.15) is 17.9 Å².